The largest absolute Gasteiger partial charge is 0.370 e. The summed E-state index contributed by atoms with van der Waals surface area (Å²) in [6, 6.07) is 14.2. The number of likely N-dealkylation sites (N-methyl/N-ethyl adjacent to an activating group) is 1. The van der Waals surface area contributed by atoms with Crippen molar-refractivity contribution in [2.45, 2.75) is 12.3 Å². The highest BCUT2D eigenvalue weighted by atomic mass is 35.5. The first-order chi connectivity index (χ1) is 15.2. The number of nitrogens with two attached hydrogens (primary N) is 1. The van der Waals surface area contributed by atoms with E-state index in [4.69, 9.17) is 17.3 Å². The zero-order valence-electron chi connectivity index (χ0n) is 18.2. The molecule has 4 amide bonds. The molecule has 1 aliphatic heterocycles. The Hall–Kier alpha value is -3.10. The summed E-state index contributed by atoms with van der Waals surface area (Å²) in [7, 11) is 3.58. The fourth-order valence-corrected chi connectivity index (χ4v) is 3.95. The molecule has 0 bridgehead atoms. The van der Waals surface area contributed by atoms with Crippen molar-refractivity contribution in [1.29, 1.82) is 0 Å². The van der Waals surface area contributed by atoms with Crippen molar-refractivity contribution in [1.82, 2.24) is 9.80 Å². The second-order valence-electron chi connectivity index (χ2n) is 8.12. The van der Waals surface area contributed by atoms with Gasteiger partial charge in [0.1, 0.15) is 0 Å². The molecule has 1 saturated heterocycles. The second kappa shape index (κ2) is 10.5. The number of hydrogen-bond donors (Lipinski definition) is 3. The number of urea groups is 1. The van der Waals surface area contributed by atoms with Gasteiger partial charge < -0.3 is 26.2 Å². The Labute approximate surface area is 192 Å². The van der Waals surface area contributed by atoms with Crippen LogP contribution in [0.3, 0.4) is 0 Å². The minimum absolute atomic E-state index is 0.0686. The third kappa shape index (κ3) is 6.21. The van der Waals surface area contributed by atoms with Crippen LogP contribution in [0, 0.1) is 5.92 Å². The summed E-state index contributed by atoms with van der Waals surface area (Å²) in [6.45, 7) is 1.66. The van der Waals surface area contributed by atoms with Gasteiger partial charge in [-0.1, -0.05) is 29.8 Å². The molecule has 9 heteroatoms. The summed E-state index contributed by atoms with van der Waals surface area (Å²) in [5, 5.41) is 6.41. The van der Waals surface area contributed by atoms with Gasteiger partial charge in [0.25, 0.3) is 0 Å². The number of nitrogens with zero attached hydrogens (tertiary/aromatic N) is 2. The van der Waals surface area contributed by atoms with Crippen molar-refractivity contribution >= 4 is 40.8 Å². The van der Waals surface area contributed by atoms with E-state index in [9.17, 15) is 14.4 Å². The van der Waals surface area contributed by atoms with Gasteiger partial charge in [0.15, 0.2) is 0 Å². The minimum Gasteiger partial charge on any atom is -0.370 e. The Morgan fingerprint density at radius 2 is 1.75 bits per heavy atom. The molecule has 0 spiro atoms. The zero-order valence-corrected chi connectivity index (χ0v) is 18.9. The molecule has 32 heavy (non-hydrogen) atoms. The molecule has 1 fully saturated rings. The molecule has 170 valence electrons. The maximum atomic E-state index is 13.1. The molecule has 8 nitrogen and oxygen atoms in total. The van der Waals surface area contributed by atoms with Crippen LogP contribution in [0.2, 0.25) is 5.02 Å². The maximum Gasteiger partial charge on any atom is 0.321 e. The number of amides is 4. The van der Waals surface area contributed by atoms with Crippen molar-refractivity contribution < 1.29 is 14.4 Å². The fraction of sp³-hybridized carbons (Fsp3) is 0.348. The van der Waals surface area contributed by atoms with E-state index in [0.29, 0.717) is 22.9 Å². The summed E-state index contributed by atoms with van der Waals surface area (Å²) in [6.07, 6.45) is 0.0879. The molecule has 1 heterocycles. The van der Waals surface area contributed by atoms with Crippen molar-refractivity contribution in [3.05, 3.63) is 59.1 Å². The number of anilines is 2. The number of halogens is 1. The van der Waals surface area contributed by atoms with Crippen molar-refractivity contribution in [2.24, 2.45) is 11.7 Å². The fourth-order valence-electron chi connectivity index (χ4n) is 3.82. The van der Waals surface area contributed by atoms with Gasteiger partial charge in [0, 0.05) is 55.4 Å². The van der Waals surface area contributed by atoms with Crippen LogP contribution in [0.5, 0.6) is 0 Å². The number of likely N-dealkylation sites (tertiary alicyclic amines) is 1. The zero-order chi connectivity index (χ0) is 23.3. The van der Waals surface area contributed by atoms with Crippen LogP contribution in [0.25, 0.3) is 0 Å². The number of carbonyl (C=O) groups excluding carboxylic acids is 3. The van der Waals surface area contributed by atoms with Crippen LogP contribution in [-0.2, 0) is 9.59 Å². The molecule has 0 saturated carbocycles. The lowest BCUT2D eigenvalue weighted by Gasteiger charge is -2.19. The molecule has 0 unspecified atom stereocenters. The molecular weight excluding hydrogens is 430 g/mol. The summed E-state index contributed by atoms with van der Waals surface area (Å²) in [5.41, 5.74) is 7.34. The van der Waals surface area contributed by atoms with Crippen LogP contribution >= 0.6 is 11.6 Å². The number of carbonyl (C=O) groups is 3. The van der Waals surface area contributed by atoms with Gasteiger partial charge in [-0.25, -0.2) is 4.79 Å². The van der Waals surface area contributed by atoms with Crippen LogP contribution < -0.4 is 16.4 Å². The number of nitrogens with one attached hydrogen (secondary N) is 2. The molecule has 3 rings (SSSR count). The average molecular weight is 458 g/mol. The van der Waals surface area contributed by atoms with E-state index < -0.39 is 5.91 Å². The molecule has 2 atom stereocenters. The maximum absolute atomic E-state index is 13.1. The molecular formula is C23H28ClN5O3. The van der Waals surface area contributed by atoms with Crippen LogP contribution in [0.1, 0.15) is 17.9 Å². The monoisotopic (exact) mass is 457 g/mol. The normalized spacial score (nSPS) is 18.2. The highest BCUT2D eigenvalue weighted by molar-refractivity contribution is 6.30. The van der Waals surface area contributed by atoms with E-state index in [-0.39, 0.29) is 36.7 Å². The van der Waals surface area contributed by atoms with E-state index in [0.717, 1.165) is 12.1 Å². The lowest BCUT2D eigenvalue weighted by Crippen LogP contribution is -2.34. The first-order valence-electron chi connectivity index (χ1n) is 10.4. The summed E-state index contributed by atoms with van der Waals surface area (Å²) in [5.74, 6) is -0.682. The Bertz CT molecular complexity index is 982. The van der Waals surface area contributed by atoms with Gasteiger partial charge in [-0.15, -0.1) is 0 Å². The Morgan fingerprint density at radius 1 is 1.09 bits per heavy atom. The third-order valence-electron chi connectivity index (χ3n) is 5.56. The lowest BCUT2D eigenvalue weighted by atomic mass is 9.88. The van der Waals surface area contributed by atoms with Crippen LogP contribution in [0.4, 0.5) is 16.2 Å². The van der Waals surface area contributed by atoms with Gasteiger partial charge in [-0.05, 0) is 42.9 Å². The number of benzene rings is 2. The molecule has 0 aliphatic carbocycles. The average Bonchev–Trinajstić information content (AvgIpc) is 3.14. The number of rotatable bonds is 7. The number of primary amides is 1. The highest BCUT2D eigenvalue weighted by Crippen LogP contribution is 2.33. The highest BCUT2D eigenvalue weighted by Gasteiger charge is 2.37. The van der Waals surface area contributed by atoms with Crippen molar-refractivity contribution in [2.75, 3.05) is 44.4 Å². The second-order valence-corrected chi connectivity index (χ2v) is 8.56. The SMILES string of the molecule is CN1C[C@H](C(=O)Nc2cccc(NC(=O)N(C)CCC(N)=O)c2)[C@@H](c2ccc(Cl)cc2)C1. The predicted molar refractivity (Wildman–Crippen MR) is 126 cm³/mol. The topological polar surface area (TPSA) is 108 Å². The Balaban J connectivity index is 1.65. The van der Waals surface area contributed by atoms with Gasteiger partial charge in [0.05, 0.1) is 5.92 Å². The minimum atomic E-state index is -0.469. The summed E-state index contributed by atoms with van der Waals surface area (Å²) in [4.78, 5) is 39.8. The quantitative estimate of drug-likeness (QED) is 0.594. The van der Waals surface area contributed by atoms with Gasteiger partial charge in [0.2, 0.25) is 11.8 Å². The third-order valence-corrected chi connectivity index (χ3v) is 5.81. The van der Waals surface area contributed by atoms with Crippen molar-refractivity contribution in [3.8, 4) is 0 Å². The molecule has 2 aromatic carbocycles. The van der Waals surface area contributed by atoms with Gasteiger partial charge >= 0.3 is 6.03 Å². The van der Waals surface area contributed by atoms with E-state index in [1.807, 2.05) is 31.3 Å². The summed E-state index contributed by atoms with van der Waals surface area (Å²) < 4.78 is 0. The summed E-state index contributed by atoms with van der Waals surface area (Å²) >= 11 is 6.01. The smallest absolute Gasteiger partial charge is 0.321 e. The van der Waals surface area contributed by atoms with E-state index in [1.165, 1.54) is 4.90 Å². The predicted octanol–water partition coefficient (Wildman–Crippen LogP) is 2.96. The first-order valence-corrected chi connectivity index (χ1v) is 10.8. The van der Waals surface area contributed by atoms with Gasteiger partial charge in [-0.2, -0.15) is 0 Å². The van der Waals surface area contributed by atoms with Gasteiger partial charge in [-0.3, -0.25) is 9.59 Å². The first kappa shape index (κ1) is 23.6. The molecule has 4 N–H and O–H groups in total. The standard InChI is InChI=1S/C23H28ClN5O3/c1-28-13-19(15-6-8-16(24)9-7-15)20(14-28)22(31)26-17-4-3-5-18(12-17)27-23(32)29(2)11-10-21(25)30/h3-9,12,19-20H,10-11,13-14H2,1-2H3,(H2,25,30)(H,26,31)(H,27,32)/t19-,20+/m1/s1. The van der Waals surface area contributed by atoms with Crippen molar-refractivity contribution in [3.63, 3.8) is 0 Å². The number of hydrogen-bond acceptors (Lipinski definition) is 4. The van der Waals surface area contributed by atoms with Crippen LogP contribution in [0.15, 0.2) is 48.5 Å². The molecule has 0 aromatic heterocycles. The molecule has 2 aromatic rings. The Morgan fingerprint density at radius 3 is 2.41 bits per heavy atom. The van der Waals surface area contributed by atoms with E-state index >= 15 is 0 Å². The van der Waals surface area contributed by atoms with E-state index in [1.54, 1.807) is 31.3 Å². The van der Waals surface area contributed by atoms with E-state index in [2.05, 4.69) is 15.5 Å². The van der Waals surface area contributed by atoms with Crippen LogP contribution in [-0.4, -0.2) is 61.4 Å². The lowest BCUT2D eigenvalue weighted by molar-refractivity contribution is -0.120. The molecule has 1 aliphatic rings. The molecule has 0 radical (unpaired) electrons. The Kier molecular flexibility index (Phi) is 7.71.